The molecule has 0 aromatic heterocycles. The van der Waals surface area contributed by atoms with E-state index in [1.165, 1.54) is 7.11 Å². The summed E-state index contributed by atoms with van der Waals surface area (Å²) in [5.41, 5.74) is -0.665. The van der Waals surface area contributed by atoms with Crippen molar-refractivity contribution < 1.29 is 9.53 Å². The monoisotopic (exact) mass is 128 g/mol. The predicted octanol–water partition coefficient (Wildman–Crippen LogP) is 1.17. The van der Waals surface area contributed by atoms with Crippen molar-refractivity contribution in [1.82, 2.24) is 0 Å². The molecule has 0 spiro atoms. The van der Waals surface area contributed by atoms with Crippen molar-refractivity contribution in [1.29, 1.82) is 0 Å². The summed E-state index contributed by atoms with van der Waals surface area (Å²) in [4.78, 5) is 10.3. The summed E-state index contributed by atoms with van der Waals surface area (Å²) in [6.07, 6.45) is 3.01. The Morgan fingerprint density at radius 3 is 2.44 bits per heavy atom. The van der Waals surface area contributed by atoms with Crippen molar-refractivity contribution in [3.63, 3.8) is 0 Å². The first-order valence-corrected chi connectivity index (χ1v) is 2.81. The number of rotatable bonds is 4. The third-order valence-electron chi connectivity index (χ3n) is 1.27. The molecule has 52 valence electrons. The van der Waals surface area contributed by atoms with Crippen LogP contribution in [-0.4, -0.2) is 19.0 Å². The Bertz CT molecular complexity index is 109. The Morgan fingerprint density at radius 1 is 1.78 bits per heavy atom. The first-order valence-electron chi connectivity index (χ1n) is 2.81. The third-order valence-corrected chi connectivity index (χ3v) is 1.27. The fourth-order valence-corrected chi connectivity index (χ4v) is 0.466. The molecule has 0 heterocycles. The Morgan fingerprint density at radius 2 is 2.33 bits per heavy atom. The number of hydrogen-bond acceptors (Lipinski definition) is 2. The van der Waals surface area contributed by atoms with Crippen LogP contribution in [-0.2, 0) is 9.53 Å². The molecule has 0 aliphatic carbocycles. The lowest BCUT2D eigenvalue weighted by Gasteiger charge is -2.18. The largest absolute Gasteiger partial charge is 0.371 e. The molecule has 0 saturated heterocycles. The maximum absolute atomic E-state index is 10.3. The van der Waals surface area contributed by atoms with E-state index in [1.54, 1.807) is 13.0 Å². The molecule has 0 rings (SSSR count). The minimum absolute atomic E-state index is 0.562. The van der Waals surface area contributed by atoms with Crippen molar-refractivity contribution in [2.45, 2.75) is 18.9 Å². The minimum atomic E-state index is -0.665. The SMILES string of the molecule is C=CCC(C)(C=O)OC. The van der Waals surface area contributed by atoms with Crippen molar-refractivity contribution in [3.8, 4) is 0 Å². The zero-order chi connectivity index (χ0) is 7.33. The molecule has 9 heavy (non-hydrogen) atoms. The molecule has 1 unspecified atom stereocenters. The molecule has 0 fully saturated rings. The fourth-order valence-electron chi connectivity index (χ4n) is 0.466. The quantitative estimate of drug-likeness (QED) is 0.419. The van der Waals surface area contributed by atoms with Gasteiger partial charge >= 0.3 is 0 Å². The average molecular weight is 128 g/mol. The lowest BCUT2D eigenvalue weighted by atomic mass is 10.1. The zero-order valence-corrected chi connectivity index (χ0v) is 5.89. The lowest BCUT2D eigenvalue weighted by molar-refractivity contribution is -0.125. The molecule has 1 atom stereocenters. The molecule has 0 aromatic rings. The highest BCUT2D eigenvalue weighted by atomic mass is 16.5. The Kier molecular flexibility index (Phi) is 3.17. The van der Waals surface area contributed by atoms with Crippen LogP contribution in [0.4, 0.5) is 0 Å². The van der Waals surface area contributed by atoms with Crippen LogP contribution in [0.5, 0.6) is 0 Å². The van der Waals surface area contributed by atoms with Crippen molar-refractivity contribution >= 4 is 6.29 Å². The summed E-state index contributed by atoms with van der Waals surface area (Å²) in [7, 11) is 1.51. The van der Waals surface area contributed by atoms with Gasteiger partial charge in [-0.15, -0.1) is 6.58 Å². The van der Waals surface area contributed by atoms with Crippen LogP contribution >= 0.6 is 0 Å². The first kappa shape index (κ1) is 8.37. The van der Waals surface area contributed by atoms with E-state index in [-0.39, 0.29) is 0 Å². The summed E-state index contributed by atoms with van der Waals surface area (Å²) >= 11 is 0. The van der Waals surface area contributed by atoms with Gasteiger partial charge < -0.3 is 9.53 Å². The van der Waals surface area contributed by atoms with E-state index in [4.69, 9.17) is 4.74 Å². The van der Waals surface area contributed by atoms with E-state index in [0.29, 0.717) is 6.42 Å². The minimum Gasteiger partial charge on any atom is -0.371 e. The molecule has 0 aromatic carbocycles. The molecule has 2 nitrogen and oxygen atoms in total. The van der Waals surface area contributed by atoms with Crippen molar-refractivity contribution in [2.75, 3.05) is 7.11 Å². The number of aldehydes is 1. The van der Waals surface area contributed by atoms with Gasteiger partial charge in [0.05, 0.1) is 0 Å². The van der Waals surface area contributed by atoms with Gasteiger partial charge in [-0.1, -0.05) is 6.08 Å². The van der Waals surface area contributed by atoms with Crippen molar-refractivity contribution in [3.05, 3.63) is 12.7 Å². The fraction of sp³-hybridized carbons (Fsp3) is 0.571. The standard InChI is InChI=1S/C7H12O2/c1-4-5-7(2,6-8)9-3/h4,6H,1,5H2,2-3H3. The normalized spacial score (nSPS) is 16.2. The van der Waals surface area contributed by atoms with Gasteiger partial charge in [0.15, 0.2) is 6.29 Å². The van der Waals surface area contributed by atoms with Gasteiger partial charge in [-0.2, -0.15) is 0 Å². The smallest absolute Gasteiger partial charge is 0.151 e. The number of methoxy groups -OCH3 is 1. The first-order chi connectivity index (χ1) is 4.18. The van der Waals surface area contributed by atoms with Crippen LogP contribution in [0.1, 0.15) is 13.3 Å². The summed E-state index contributed by atoms with van der Waals surface area (Å²) in [6, 6.07) is 0. The molecule has 0 N–H and O–H groups in total. The highest BCUT2D eigenvalue weighted by Crippen LogP contribution is 2.10. The highest BCUT2D eigenvalue weighted by Gasteiger charge is 2.19. The highest BCUT2D eigenvalue weighted by molar-refractivity contribution is 5.61. The summed E-state index contributed by atoms with van der Waals surface area (Å²) in [6.45, 7) is 5.23. The van der Waals surface area contributed by atoms with Gasteiger partial charge in [-0.05, 0) is 6.92 Å². The van der Waals surface area contributed by atoms with Gasteiger partial charge in [0, 0.05) is 13.5 Å². The average Bonchev–Trinajstić information content (AvgIpc) is 1.89. The molecule has 0 aliphatic heterocycles. The summed E-state index contributed by atoms with van der Waals surface area (Å²) < 4.78 is 4.89. The van der Waals surface area contributed by atoms with Gasteiger partial charge in [0.1, 0.15) is 5.60 Å². The Hall–Kier alpha value is -0.630. The number of hydrogen-bond donors (Lipinski definition) is 0. The number of carbonyl (C=O) groups excluding carboxylic acids is 1. The van der Waals surface area contributed by atoms with Gasteiger partial charge in [-0.25, -0.2) is 0 Å². The summed E-state index contributed by atoms with van der Waals surface area (Å²) in [5.74, 6) is 0. The van der Waals surface area contributed by atoms with E-state index >= 15 is 0 Å². The Labute approximate surface area is 55.5 Å². The van der Waals surface area contributed by atoms with E-state index in [0.717, 1.165) is 6.29 Å². The van der Waals surface area contributed by atoms with Gasteiger partial charge in [0.25, 0.3) is 0 Å². The Balaban J connectivity index is 3.90. The van der Waals surface area contributed by atoms with E-state index < -0.39 is 5.60 Å². The second-order valence-corrected chi connectivity index (χ2v) is 2.13. The molecule has 0 amide bonds. The van der Waals surface area contributed by atoms with Crippen LogP contribution < -0.4 is 0 Å². The van der Waals surface area contributed by atoms with Crippen molar-refractivity contribution in [2.24, 2.45) is 0 Å². The van der Waals surface area contributed by atoms with E-state index in [2.05, 4.69) is 6.58 Å². The molecular formula is C7H12O2. The molecule has 0 radical (unpaired) electrons. The molecular weight excluding hydrogens is 116 g/mol. The van der Waals surface area contributed by atoms with Gasteiger partial charge in [0.2, 0.25) is 0 Å². The molecule has 0 bridgehead atoms. The van der Waals surface area contributed by atoms with E-state index in [1.807, 2.05) is 0 Å². The number of ether oxygens (including phenoxy) is 1. The van der Waals surface area contributed by atoms with Crippen LogP contribution in [0, 0.1) is 0 Å². The van der Waals surface area contributed by atoms with Gasteiger partial charge in [-0.3, -0.25) is 0 Å². The second-order valence-electron chi connectivity index (χ2n) is 2.13. The van der Waals surface area contributed by atoms with Crippen LogP contribution in [0.3, 0.4) is 0 Å². The van der Waals surface area contributed by atoms with Crippen LogP contribution in [0.15, 0.2) is 12.7 Å². The van der Waals surface area contributed by atoms with Crippen LogP contribution in [0.25, 0.3) is 0 Å². The zero-order valence-electron chi connectivity index (χ0n) is 5.89. The molecule has 2 heteroatoms. The van der Waals surface area contributed by atoms with Crippen LogP contribution in [0.2, 0.25) is 0 Å². The van der Waals surface area contributed by atoms with E-state index in [9.17, 15) is 4.79 Å². The lowest BCUT2D eigenvalue weighted by Crippen LogP contribution is -2.27. The molecule has 0 saturated carbocycles. The summed E-state index contributed by atoms with van der Waals surface area (Å²) in [5, 5.41) is 0. The maximum Gasteiger partial charge on any atom is 0.151 e. The second kappa shape index (κ2) is 3.41. The topological polar surface area (TPSA) is 26.3 Å². The molecule has 0 aliphatic rings. The maximum atomic E-state index is 10.3. The number of carbonyl (C=O) groups is 1. The third kappa shape index (κ3) is 2.42. The predicted molar refractivity (Wildman–Crippen MR) is 36.3 cm³/mol.